The maximum atomic E-state index is 11.8. The lowest BCUT2D eigenvalue weighted by atomic mass is 10.2. The molecular formula is C18H14ClN3O3. The van der Waals surface area contributed by atoms with E-state index in [1.807, 2.05) is 6.07 Å². The van der Waals surface area contributed by atoms with E-state index in [0.717, 1.165) is 5.56 Å². The van der Waals surface area contributed by atoms with Crippen molar-refractivity contribution in [3.63, 3.8) is 0 Å². The van der Waals surface area contributed by atoms with Crippen LogP contribution in [0, 0.1) is 0 Å². The number of carbonyl (C=O) groups is 1. The largest absolute Gasteiger partial charge is 0.495 e. The van der Waals surface area contributed by atoms with Crippen LogP contribution in [0.5, 0.6) is 5.75 Å². The molecule has 0 atom stereocenters. The Morgan fingerprint density at radius 2 is 2.16 bits per heavy atom. The molecule has 0 fully saturated rings. The van der Waals surface area contributed by atoms with Crippen molar-refractivity contribution in [2.45, 2.75) is 0 Å². The Labute approximate surface area is 149 Å². The van der Waals surface area contributed by atoms with Crippen LogP contribution in [0.2, 0.25) is 5.02 Å². The Kier molecular flexibility index (Phi) is 5.11. The standard InChI is InChI=1S/C18H14ClN3O3/c1-24-17-7-5-12(10-14(17)19)16-8-6-13(25-16)11-21-22-18(23)15-4-2-3-9-20-15/h2-11H,1H3,(H,22,23)/b21-11+. The lowest BCUT2D eigenvalue weighted by Crippen LogP contribution is -2.18. The molecule has 3 rings (SSSR count). The van der Waals surface area contributed by atoms with Gasteiger partial charge in [0.2, 0.25) is 0 Å². The summed E-state index contributed by atoms with van der Waals surface area (Å²) in [4.78, 5) is 15.8. The number of methoxy groups -OCH3 is 1. The summed E-state index contributed by atoms with van der Waals surface area (Å²) in [6, 6.07) is 13.9. The van der Waals surface area contributed by atoms with E-state index in [1.165, 1.54) is 12.4 Å². The van der Waals surface area contributed by atoms with Gasteiger partial charge in [-0.1, -0.05) is 17.7 Å². The minimum atomic E-state index is -0.398. The molecule has 6 nitrogen and oxygen atoms in total. The van der Waals surface area contributed by atoms with Crippen molar-refractivity contribution in [1.29, 1.82) is 0 Å². The fraction of sp³-hybridized carbons (Fsp3) is 0.0556. The summed E-state index contributed by atoms with van der Waals surface area (Å²) < 4.78 is 10.8. The van der Waals surface area contributed by atoms with Gasteiger partial charge in [-0.3, -0.25) is 9.78 Å². The molecule has 25 heavy (non-hydrogen) atoms. The van der Waals surface area contributed by atoms with Gasteiger partial charge in [-0.15, -0.1) is 0 Å². The molecule has 0 aliphatic carbocycles. The fourth-order valence-corrected chi connectivity index (χ4v) is 2.36. The molecule has 0 saturated carbocycles. The summed E-state index contributed by atoms with van der Waals surface area (Å²) in [6.45, 7) is 0. The Morgan fingerprint density at radius 1 is 1.28 bits per heavy atom. The molecule has 0 unspecified atom stereocenters. The number of rotatable bonds is 5. The first-order chi connectivity index (χ1) is 12.2. The van der Waals surface area contributed by atoms with Crippen molar-refractivity contribution in [3.8, 4) is 17.1 Å². The summed E-state index contributed by atoms with van der Waals surface area (Å²) in [5.41, 5.74) is 3.48. The summed E-state index contributed by atoms with van der Waals surface area (Å²) in [7, 11) is 1.56. The van der Waals surface area contributed by atoms with Crippen LogP contribution in [0.25, 0.3) is 11.3 Å². The summed E-state index contributed by atoms with van der Waals surface area (Å²) in [6.07, 6.45) is 2.95. The van der Waals surface area contributed by atoms with E-state index in [1.54, 1.807) is 49.6 Å². The van der Waals surface area contributed by atoms with Crippen molar-refractivity contribution in [1.82, 2.24) is 10.4 Å². The quantitative estimate of drug-likeness (QED) is 0.558. The molecule has 1 N–H and O–H groups in total. The van der Waals surface area contributed by atoms with E-state index >= 15 is 0 Å². The maximum absolute atomic E-state index is 11.8. The number of furan rings is 1. The molecule has 0 aliphatic heterocycles. The molecule has 126 valence electrons. The van der Waals surface area contributed by atoms with Gasteiger partial charge >= 0.3 is 0 Å². The zero-order valence-corrected chi connectivity index (χ0v) is 14.0. The summed E-state index contributed by atoms with van der Waals surface area (Å²) in [5.74, 6) is 1.31. The highest BCUT2D eigenvalue weighted by molar-refractivity contribution is 6.32. The number of ether oxygens (including phenoxy) is 1. The molecule has 1 aromatic carbocycles. The molecule has 1 amide bonds. The van der Waals surface area contributed by atoms with Crippen LogP contribution >= 0.6 is 11.6 Å². The SMILES string of the molecule is COc1ccc(-c2ccc(/C=N/NC(=O)c3ccccn3)o2)cc1Cl. The van der Waals surface area contributed by atoms with Crippen molar-refractivity contribution in [2.75, 3.05) is 7.11 Å². The van der Waals surface area contributed by atoms with Gasteiger partial charge in [0.05, 0.1) is 18.3 Å². The molecule has 0 spiro atoms. The van der Waals surface area contributed by atoms with E-state index in [0.29, 0.717) is 22.3 Å². The van der Waals surface area contributed by atoms with Crippen LogP contribution in [0.1, 0.15) is 16.2 Å². The molecule has 2 aromatic heterocycles. The van der Waals surface area contributed by atoms with Gasteiger partial charge in [0, 0.05) is 11.8 Å². The number of pyridine rings is 1. The van der Waals surface area contributed by atoms with Gasteiger partial charge in [0.15, 0.2) is 0 Å². The van der Waals surface area contributed by atoms with Crippen LogP contribution in [-0.4, -0.2) is 24.2 Å². The molecule has 7 heteroatoms. The van der Waals surface area contributed by atoms with Crippen molar-refractivity contribution in [2.24, 2.45) is 5.10 Å². The van der Waals surface area contributed by atoms with Crippen LogP contribution in [0.4, 0.5) is 0 Å². The number of benzene rings is 1. The first-order valence-electron chi connectivity index (χ1n) is 7.35. The van der Waals surface area contributed by atoms with E-state index in [4.69, 9.17) is 20.8 Å². The van der Waals surface area contributed by atoms with Gasteiger partial charge < -0.3 is 9.15 Å². The Balaban J connectivity index is 1.67. The number of amides is 1. The fourth-order valence-electron chi connectivity index (χ4n) is 2.11. The second-order valence-corrected chi connectivity index (χ2v) is 5.37. The number of carbonyl (C=O) groups excluding carboxylic acids is 1. The monoisotopic (exact) mass is 355 g/mol. The lowest BCUT2D eigenvalue weighted by Gasteiger charge is -2.04. The molecule has 3 aromatic rings. The minimum absolute atomic E-state index is 0.285. The Morgan fingerprint density at radius 3 is 2.88 bits per heavy atom. The lowest BCUT2D eigenvalue weighted by molar-refractivity contribution is 0.0950. The highest BCUT2D eigenvalue weighted by Crippen LogP contribution is 2.30. The van der Waals surface area contributed by atoms with Gasteiger partial charge in [0.1, 0.15) is 23.0 Å². The zero-order valence-electron chi connectivity index (χ0n) is 13.3. The van der Waals surface area contributed by atoms with E-state index in [9.17, 15) is 4.79 Å². The average Bonchev–Trinajstić information content (AvgIpc) is 3.11. The predicted molar refractivity (Wildman–Crippen MR) is 95.0 cm³/mol. The normalized spacial score (nSPS) is 10.8. The number of hydrazone groups is 1. The van der Waals surface area contributed by atoms with E-state index < -0.39 is 5.91 Å². The minimum Gasteiger partial charge on any atom is -0.495 e. The van der Waals surface area contributed by atoms with E-state index in [-0.39, 0.29) is 5.69 Å². The van der Waals surface area contributed by atoms with Gasteiger partial charge in [-0.2, -0.15) is 5.10 Å². The van der Waals surface area contributed by atoms with Gasteiger partial charge in [0.25, 0.3) is 5.91 Å². The number of hydrogen-bond donors (Lipinski definition) is 1. The Hall–Kier alpha value is -3.12. The predicted octanol–water partition coefficient (Wildman–Crippen LogP) is 3.77. The number of halogens is 1. The van der Waals surface area contributed by atoms with Crippen LogP contribution in [0.15, 0.2) is 64.2 Å². The average molecular weight is 356 g/mol. The first-order valence-corrected chi connectivity index (χ1v) is 7.73. The summed E-state index contributed by atoms with van der Waals surface area (Å²) in [5, 5.41) is 4.36. The smallest absolute Gasteiger partial charge is 0.289 e. The van der Waals surface area contributed by atoms with Crippen molar-refractivity contribution in [3.05, 3.63) is 71.2 Å². The molecule has 0 saturated heterocycles. The second kappa shape index (κ2) is 7.63. The number of nitrogens with one attached hydrogen (secondary N) is 1. The molecule has 0 bridgehead atoms. The summed E-state index contributed by atoms with van der Waals surface area (Å²) >= 11 is 6.12. The number of hydrogen-bond acceptors (Lipinski definition) is 5. The Bertz CT molecular complexity index is 907. The van der Waals surface area contributed by atoms with Gasteiger partial charge in [-0.25, -0.2) is 5.43 Å². The topological polar surface area (TPSA) is 76.7 Å². The van der Waals surface area contributed by atoms with Crippen LogP contribution in [-0.2, 0) is 0 Å². The highest BCUT2D eigenvalue weighted by Gasteiger charge is 2.08. The second-order valence-electron chi connectivity index (χ2n) is 4.97. The molecule has 0 aliphatic rings. The highest BCUT2D eigenvalue weighted by atomic mass is 35.5. The third-order valence-corrected chi connectivity index (χ3v) is 3.61. The third-order valence-electron chi connectivity index (χ3n) is 3.32. The van der Waals surface area contributed by atoms with Crippen LogP contribution < -0.4 is 10.2 Å². The first kappa shape index (κ1) is 16.7. The number of aromatic nitrogens is 1. The zero-order chi connectivity index (χ0) is 17.6. The molecule has 2 heterocycles. The van der Waals surface area contributed by atoms with Crippen LogP contribution in [0.3, 0.4) is 0 Å². The van der Waals surface area contributed by atoms with Gasteiger partial charge in [-0.05, 0) is 42.5 Å². The van der Waals surface area contributed by atoms with E-state index in [2.05, 4.69) is 15.5 Å². The number of nitrogens with zero attached hydrogens (tertiary/aromatic N) is 2. The molecular weight excluding hydrogens is 342 g/mol. The molecule has 0 radical (unpaired) electrons. The van der Waals surface area contributed by atoms with Crippen molar-refractivity contribution < 1.29 is 13.9 Å². The maximum Gasteiger partial charge on any atom is 0.289 e. The van der Waals surface area contributed by atoms with Crippen molar-refractivity contribution >= 4 is 23.7 Å². The third kappa shape index (κ3) is 4.05.